The van der Waals surface area contributed by atoms with E-state index in [0.717, 1.165) is 6.08 Å². The zero-order chi connectivity index (χ0) is 20.0. The minimum Gasteiger partial charge on any atom is -0.452 e. The lowest BCUT2D eigenvalue weighted by atomic mass is 10.2. The van der Waals surface area contributed by atoms with Crippen molar-refractivity contribution in [1.82, 2.24) is 0 Å². The van der Waals surface area contributed by atoms with Crippen molar-refractivity contribution >= 4 is 52.5 Å². The highest BCUT2D eigenvalue weighted by Crippen LogP contribution is 2.26. The van der Waals surface area contributed by atoms with Crippen molar-refractivity contribution in [1.29, 1.82) is 0 Å². The second-order valence-corrected chi connectivity index (χ2v) is 6.17. The summed E-state index contributed by atoms with van der Waals surface area (Å²) < 4.78 is 4.85. The van der Waals surface area contributed by atoms with Gasteiger partial charge in [0.15, 0.2) is 6.61 Å². The summed E-state index contributed by atoms with van der Waals surface area (Å²) in [4.78, 5) is 33.8. The molecule has 0 aromatic heterocycles. The van der Waals surface area contributed by atoms with Gasteiger partial charge in [-0.25, -0.2) is 4.79 Å². The molecule has 27 heavy (non-hydrogen) atoms. The summed E-state index contributed by atoms with van der Waals surface area (Å²) in [5, 5.41) is 13.9. The Morgan fingerprint density at radius 2 is 2.00 bits per heavy atom. The molecule has 2 rings (SSSR count). The number of halogens is 2. The maximum Gasteiger partial charge on any atom is 0.331 e. The molecule has 0 atom stereocenters. The minimum absolute atomic E-state index is 0.0817. The van der Waals surface area contributed by atoms with Gasteiger partial charge in [-0.3, -0.25) is 14.9 Å². The van der Waals surface area contributed by atoms with Crippen molar-refractivity contribution in [2.45, 2.75) is 6.92 Å². The molecule has 0 saturated heterocycles. The molecule has 0 aliphatic rings. The van der Waals surface area contributed by atoms with Crippen LogP contribution in [0.4, 0.5) is 11.4 Å². The molecule has 140 valence electrons. The first-order chi connectivity index (χ1) is 12.8. The van der Waals surface area contributed by atoms with Crippen molar-refractivity contribution in [2.24, 2.45) is 0 Å². The van der Waals surface area contributed by atoms with E-state index in [4.69, 9.17) is 27.9 Å². The largest absolute Gasteiger partial charge is 0.452 e. The summed E-state index contributed by atoms with van der Waals surface area (Å²) in [5.41, 5.74) is 1.36. The molecule has 0 saturated carbocycles. The van der Waals surface area contributed by atoms with E-state index in [-0.39, 0.29) is 5.69 Å². The lowest BCUT2D eigenvalue weighted by Gasteiger charge is -2.08. The van der Waals surface area contributed by atoms with E-state index >= 15 is 0 Å². The second kappa shape index (κ2) is 9.16. The highest BCUT2D eigenvalue weighted by molar-refractivity contribution is 6.42. The van der Waals surface area contributed by atoms with Crippen molar-refractivity contribution in [3.63, 3.8) is 0 Å². The van der Waals surface area contributed by atoms with Gasteiger partial charge in [-0.05, 0) is 36.3 Å². The normalized spacial score (nSPS) is 10.6. The Kier molecular flexibility index (Phi) is 6.92. The highest BCUT2D eigenvalue weighted by Gasteiger charge is 2.11. The first-order valence-corrected chi connectivity index (χ1v) is 8.37. The summed E-state index contributed by atoms with van der Waals surface area (Å²) in [7, 11) is 0. The number of hydrogen-bond donors (Lipinski definition) is 1. The summed E-state index contributed by atoms with van der Waals surface area (Å²) in [6.45, 7) is 1.11. The van der Waals surface area contributed by atoms with Crippen LogP contribution in [0.25, 0.3) is 6.08 Å². The summed E-state index contributed by atoms with van der Waals surface area (Å²) >= 11 is 11.9. The number of carbonyl (C=O) groups excluding carboxylic acids is 2. The van der Waals surface area contributed by atoms with E-state index in [1.807, 2.05) is 0 Å². The Balaban J connectivity index is 1.90. The average Bonchev–Trinajstić information content (AvgIpc) is 2.62. The van der Waals surface area contributed by atoms with E-state index < -0.39 is 23.4 Å². The van der Waals surface area contributed by atoms with Crippen molar-refractivity contribution in [2.75, 3.05) is 11.9 Å². The quantitative estimate of drug-likeness (QED) is 0.330. The fraction of sp³-hybridized carbons (Fsp3) is 0.111. The van der Waals surface area contributed by atoms with Crippen LogP contribution in [0.3, 0.4) is 0 Å². The number of nitrogens with zero attached hydrogens (tertiary/aromatic N) is 1. The molecule has 1 N–H and O–H groups in total. The number of aryl methyl sites for hydroxylation is 1. The van der Waals surface area contributed by atoms with E-state index in [9.17, 15) is 19.7 Å². The Labute approximate surface area is 164 Å². The van der Waals surface area contributed by atoms with Crippen LogP contribution in [-0.4, -0.2) is 23.4 Å². The molecule has 0 radical (unpaired) electrons. The number of hydrogen-bond acceptors (Lipinski definition) is 5. The molecular formula is C18H14Cl2N2O5. The van der Waals surface area contributed by atoms with Gasteiger partial charge in [0.1, 0.15) is 0 Å². The molecule has 7 nitrogen and oxygen atoms in total. The van der Waals surface area contributed by atoms with Gasteiger partial charge in [-0.1, -0.05) is 35.3 Å². The molecule has 0 bridgehead atoms. The van der Waals surface area contributed by atoms with Gasteiger partial charge >= 0.3 is 5.97 Å². The molecule has 0 heterocycles. The molecule has 0 aliphatic heterocycles. The third-order valence-electron chi connectivity index (χ3n) is 3.42. The summed E-state index contributed by atoms with van der Waals surface area (Å²) in [5.74, 6) is -1.31. The van der Waals surface area contributed by atoms with Gasteiger partial charge in [0.05, 0.1) is 15.0 Å². The van der Waals surface area contributed by atoms with Crippen LogP contribution in [0.15, 0.2) is 42.5 Å². The number of rotatable bonds is 6. The Morgan fingerprint density at radius 3 is 2.67 bits per heavy atom. The van der Waals surface area contributed by atoms with Crippen LogP contribution in [0.1, 0.15) is 11.1 Å². The van der Waals surface area contributed by atoms with Crippen LogP contribution in [0, 0.1) is 17.0 Å². The van der Waals surface area contributed by atoms with Crippen LogP contribution in [-0.2, 0) is 14.3 Å². The summed E-state index contributed by atoms with van der Waals surface area (Å²) in [6.07, 6.45) is 2.55. The number of nitrogens with one attached hydrogen (secondary N) is 1. The first kappa shape index (κ1) is 20.4. The Bertz CT molecular complexity index is 928. The number of carbonyl (C=O) groups is 2. The third-order valence-corrected chi connectivity index (χ3v) is 4.25. The number of nitro benzene ring substituents is 1. The lowest BCUT2D eigenvalue weighted by Crippen LogP contribution is -2.20. The van der Waals surface area contributed by atoms with Gasteiger partial charge in [0.2, 0.25) is 0 Å². The monoisotopic (exact) mass is 408 g/mol. The average molecular weight is 409 g/mol. The van der Waals surface area contributed by atoms with Gasteiger partial charge < -0.3 is 10.1 Å². The molecule has 0 spiro atoms. The first-order valence-electron chi connectivity index (χ1n) is 7.61. The smallest absolute Gasteiger partial charge is 0.331 e. The number of esters is 1. The molecule has 0 aliphatic carbocycles. The number of non-ortho nitro benzene ring substituents is 1. The van der Waals surface area contributed by atoms with E-state index in [0.29, 0.717) is 26.9 Å². The number of benzene rings is 2. The van der Waals surface area contributed by atoms with E-state index in [1.54, 1.807) is 25.1 Å². The topological polar surface area (TPSA) is 98.5 Å². The number of anilines is 1. The maximum atomic E-state index is 11.9. The Morgan fingerprint density at radius 1 is 1.26 bits per heavy atom. The molecule has 9 heteroatoms. The zero-order valence-electron chi connectivity index (χ0n) is 14.1. The molecule has 1 amide bonds. The SMILES string of the molecule is Cc1cc([N+](=O)[O-])ccc1NC(=O)COC(=O)/C=C/c1cccc(Cl)c1Cl. The standard InChI is InChI=1S/C18H14Cl2N2O5/c1-11-9-13(22(25)26)6-7-15(11)21-16(23)10-27-17(24)8-5-12-3-2-4-14(19)18(12)20/h2-9H,10H2,1H3,(H,21,23)/b8-5+. The number of amides is 1. The third kappa shape index (κ3) is 5.80. The van der Waals surface area contributed by atoms with E-state index in [2.05, 4.69) is 5.32 Å². The van der Waals surface area contributed by atoms with Crippen LogP contribution in [0.2, 0.25) is 10.0 Å². The molecule has 2 aromatic carbocycles. The van der Waals surface area contributed by atoms with Gasteiger partial charge in [0, 0.05) is 23.9 Å². The van der Waals surface area contributed by atoms with Crippen molar-refractivity contribution in [3.05, 3.63) is 73.8 Å². The molecular weight excluding hydrogens is 395 g/mol. The molecule has 0 unspecified atom stereocenters. The van der Waals surface area contributed by atoms with Crippen molar-refractivity contribution < 1.29 is 19.2 Å². The highest BCUT2D eigenvalue weighted by atomic mass is 35.5. The predicted molar refractivity (Wildman–Crippen MR) is 103 cm³/mol. The van der Waals surface area contributed by atoms with Gasteiger partial charge in [-0.15, -0.1) is 0 Å². The zero-order valence-corrected chi connectivity index (χ0v) is 15.6. The second-order valence-electron chi connectivity index (χ2n) is 5.39. The van der Waals surface area contributed by atoms with E-state index in [1.165, 1.54) is 24.3 Å². The van der Waals surface area contributed by atoms with Crippen LogP contribution >= 0.6 is 23.2 Å². The lowest BCUT2D eigenvalue weighted by molar-refractivity contribution is -0.384. The fourth-order valence-corrected chi connectivity index (χ4v) is 2.45. The predicted octanol–water partition coefficient (Wildman–Crippen LogP) is 4.41. The van der Waals surface area contributed by atoms with Crippen molar-refractivity contribution in [3.8, 4) is 0 Å². The number of ether oxygens (including phenoxy) is 1. The minimum atomic E-state index is -0.735. The Hall–Kier alpha value is -2.90. The van der Waals surface area contributed by atoms with Crippen LogP contribution < -0.4 is 5.32 Å². The summed E-state index contributed by atoms with van der Waals surface area (Å²) in [6, 6.07) is 8.98. The van der Waals surface area contributed by atoms with Crippen LogP contribution in [0.5, 0.6) is 0 Å². The fourth-order valence-electron chi connectivity index (χ4n) is 2.08. The molecule has 0 fully saturated rings. The molecule has 2 aromatic rings. The maximum absolute atomic E-state index is 11.9. The van der Waals surface area contributed by atoms with Gasteiger partial charge in [0.25, 0.3) is 11.6 Å². The van der Waals surface area contributed by atoms with Gasteiger partial charge in [-0.2, -0.15) is 0 Å². The number of nitro groups is 1.